The van der Waals surface area contributed by atoms with Crippen molar-refractivity contribution in [2.24, 2.45) is 11.7 Å². The molecule has 0 atom stereocenters. The van der Waals surface area contributed by atoms with E-state index >= 15 is 4.39 Å². The quantitative estimate of drug-likeness (QED) is 0.290. The summed E-state index contributed by atoms with van der Waals surface area (Å²) in [5.41, 5.74) is 6.12. The number of anilines is 3. The Kier molecular flexibility index (Phi) is 8.46. The molecule has 2 aromatic heterocycles. The Hall–Kier alpha value is -4.16. The van der Waals surface area contributed by atoms with Crippen LogP contribution in [-0.2, 0) is 11.3 Å². The van der Waals surface area contributed by atoms with E-state index in [2.05, 4.69) is 20.0 Å². The zero-order valence-electron chi connectivity index (χ0n) is 21.9. The molecule has 1 aliphatic rings. The molecule has 12 heteroatoms. The van der Waals surface area contributed by atoms with Crippen LogP contribution in [0.3, 0.4) is 0 Å². The molecular formula is C28H31F2N7O3. The fourth-order valence-electron chi connectivity index (χ4n) is 5.02. The minimum Gasteiger partial charge on any atom is -0.492 e. The molecule has 1 saturated heterocycles. The van der Waals surface area contributed by atoms with Crippen molar-refractivity contribution < 1.29 is 23.4 Å². The molecule has 40 heavy (non-hydrogen) atoms. The monoisotopic (exact) mass is 551 g/mol. The number of aromatic nitrogens is 4. The van der Waals surface area contributed by atoms with E-state index in [1.807, 2.05) is 0 Å². The van der Waals surface area contributed by atoms with E-state index in [1.165, 1.54) is 40.4 Å². The predicted molar refractivity (Wildman–Crippen MR) is 145 cm³/mol. The van der Waals surface area contributed by atoms with Crippen LogP contribution >= 0.6 is 0 Å². The number of primary amides is 1. The number of aliphatic hydroxyl groups is 1. The van der Waals surface area contributed by atoms with Crippen molar-refractivity contribution >= 4 is 34.0 Å². The van der Waals surface area contributed by atoms with E-state index < -0.39 is 17.5 Å². The average molecular weight is 552 g/mol. The standard InChI is InChI=1S/C28H31F2N7O3/c29-23-2-1-3-25(27(23)30)37(20-15-34-36(16-20)17-26(31)39)28-22-5-4-21(14-24(22)32-18-33-28)40-13-11-35-9-6-19(7-10-35)8-12-38/h1-5,14-16,18-19,38H,6-13,17H2,(H2,31,39). The van der Waals surface area contributed by atoms with Crippen molar-refractivity contribution in [3.8, 4) is 5.75 Å². The molecule has 1 amide bonds. The number of piperidine rings is 1. The predicted octanol–water partition coefficient (Wildman–Crippen LogP) is 3.53. The van der Waals surface area contributed by atoms with Gasteiger partial charge in [0.15, 0.2) is 11.6 Å². The summed E-state index contributed by atoms with van der Waals surface area (Å²) in [6.45, 7) is 3.35. The summed E-state index contributed by atoms with van der Waals surface area (Å²) in [6, 6.07) is 9.22. The highest BCUT2D eigenvalue weighted by Crippen LogP contribution is 2.39. The summed E-state index contributed by atoms with van der Waals surface area (Å²) in [6.07, 6.45) is 7.30. The normalized spacial score (nSPS) is 14.5. The van der Waals surface area contributed by atoms with Crippen LogP contribution < -0.4 is 15.4 Å². The van der Waals surface area contributed by atoms with Gasteiger partial charge in [-0.3, -0.25) is 19.3 Å². The zero-order chi connectivity index (χ0) is 28.1. The van der Waals surface area contributed by atoms with Crippen LogP contribution in [0.5, 0.6) is 5.75 Å². The fraction of sp³-hybridized carbons (Fsp3) is 0.357. The first-order valence-corrected chi connectivity index (χ1v) is 13.2. The van der Waals surface area contributed by atoms with Crippen LogP contribution in [0.2, 0.25) is 0 Å². The Labute approximate surface area is 230 Å². The highest BCUT2D eigenvalue weighted by Gasteiger charge is 2.24. The number of halogens is 2. The number of carbonyl (C=O) groups is 1. The highest BCUT2D eigenvalue weighted by atomic mass is 19.2. The van der Waals surface area contributed by atoms with Gasteiger partial charge < -0.3 is 15.6 Å². The first-order valence-electron chi connectivity index (χ1n) is 13.2. The summed E-state index contributed by atoms with van der Waals surface area (Å²) in [4.78, 5) is 24.0. The van der Waals surface area contributed by atoms with Crippen LogP contribution in [0.15, 0.2) is 55.1 Å². The van der Waals surface area contributed by atoms with E-state index in [9.17, 15) is 9.18 Å². The third-order valence-electron chi connectivity index (χ3n) is 7.09. The molecule has 2 aromatic carbocycles. The maximum Gasteiger partial charge on any atom is 0.239 e. The zero-order valence-corrected chi connectivity index (χ0v) is 21.9. The first kappa shape index (κ1) is 27.4. The van der Waals surface area contributed by atoms with Crippen molar-refractivity contribution in [3.63, 3.8) is 0 Å². The fourth-order valence-corrected chi connectivity index (χ4v) is 5.02. The number of hydrogen-bond donors (Lipinski definition) is 2. The largest absolute Gasteiger partial charge is 0.492 e. The Morgan fingerprint density at radius 2 is 2.00 bits per heavy atom. The van der Waals surface area contributed by atoms with Crippen LogP contribution in [0.25, 0.3) is 10.9 Å². The molecule has 3 heterocycles. The number of nitrogens with two attached hydrogens (primary N) is 1. The average Bonchev–Trinajstić information content (AvgIpc) is 3.39. The lowest BCUT2D eigenvalue weighted by Crippen LogP contribution is -2.36. The first-order chi connectivity index (χ1) is 19.4. The van der Waals surface area contributed by atoms with Gasteiger partial charge in [-0.1, -0.05) is 6.07 Å². The SMILES string of the molecule is NC(=O)Cn1cc(N(c2cccc(F)c2F)c2ncnc3cc(OCCN4CCC(CCO)CC4)ccc23)cn1. The lowest BCUT2D eigenvalue weighted by atomic mass is 9.94. The van der Waals surface area contributed by atoms with Gasteiger partial charge in [0.2, 0.25) is 5.91 Å². The van der Waals surface area contributed by atoms with Crippen molar-refractivity contribution in [2.45, 2.75) is 25.8 Å². The van der Waals surface area contributed by atoms with Gasteiger partial charge in [-0.15, -0.1) is 0 Å². The number of rotatable bonds is 11. The number of amides is 1. The summed E-state index contributed by atoms with van der Waals surface area (Å²) in [7, 11) is 0. The Morgan fingerprint density at radius 3 is 2.77 bits per heavy atom. The molecule has 210 valence electrons. The van der Waals surface area contributed by atoms with Crippen molar-refractivity contribution in [1.82, 2.24) is 24.6 Å². The minimum absolute atomic E-state index is 0.0817. The number of carbonyl (C=O) groups excluding carboxylic acids is 1. The molecule has 4 aromatic rings. The highest BCUT2D eigenvalue weighted by molar-refractivity contribution is 5.95. The van der Waals surface area contributed by atoms with E-state index in [0.717, 1.165) is 45.0 Å². The molecule has 1 fully saturated rings. The lowest BCUT2D eigenvalue weighted by Gasteiger charge is -2.31. The Balaban J connectivity index is 1.39. The van der Waals surface area contributed by atoms with Gasteiger partial charge in [0.1, 0.15) is 31.0 Å². The maximum atomic E-state index is 15.1. The molecule has 3 N–H and O–H groups in total. The topological polar surface area (TPSA) is 123 Å². The van der Waals surface area contributed by atoms with Crippen LogP contribution in [0.1, 0.15) is 19.3 Å². The number of nitrogens with zero attached hydrogens (tertiary/aromatic N) is 6. The van der Waals surface area contributed by atoms with E-state index in [4.69, 9.17) is 15.6 Å². The van der Waals surface area contributed by atoms with Crippen LogP contribution in [0, 0.1) is 17.6 Å². The van der Waals surface area contributed by atoms with Gasteiger partial charge in [-0.2, -0.15) is 5.10 Å². The second kappa shape index (κ2) is 12.3. The third-order valence-corrected chi connectivity index (χ3v) is 7.09. The molecular weight excluding hydrogens is 520 g/mol. The summed E-state index contributed by atoms with van der Waals surface area (Å²) in [5.74, 6) is -1.15. The molecule has 10 nitrogen and oxygen atoms in total. The molecule has 0 unspecified atom stereocenters. The van der Waals surface area contributed by atoms with E-state index in [0.29, 0.717) is 40.7 Å². The number of likely N-dealkylation sites (tertiary alicyclic amines) is 1. The molecule has 0 bridgehead atoms. The smallest absolute Gasteiger partial charge is 0.239 e. The van der Waals surface area contributed by atoms with Gasteiger partial charge in [-0.25, -0.2) is 18.7 Å². The van der Waals surface area contributed by atoms with Gasteiger partial charge >= 0.3 is 0 Å². The molecule has 1 aliphatic heterocycles. The summed E-state index contributed by atoms with van der Waals surface area (Å²) in [5, 5.41) is 13.9. The number of ether oxygens (including phenoxy) is 1. The number of hydrogen-bond acceptors (Lipinski definition) is 8. The van der Waals surface area contributed by atoms with Crippen LogP contribution in [0.4, 0.5) is 26.0 Å². The Morgan fingerprint density at radius 1 is 1.18 bits per heavy atom. The summed E-state index contributed by atoms with van der Waals surface area (Å²) < 4.78 is 36.7. The lowest BCUT2D eigenvalue weighted by molar-refractivity contribution is -0.118. The Bertz CT molecular complexity index is 1470. The second-order valence-corrected chi connectivity index (χ2v) is 9.79. The minimum atomic E-state index is -1.06. The van der Waals surface area contributed by atoms with Gasteiger partial charge in [0.05, 0.1) is 23.1 Å². The number of fused-ring (bicyclic) bond motifs is 1. The van der Waals surface area contributed by atoms with Crippen molar-refractivity contribution in [3.05, 3.63) is 66.8 Å². The molecule has 0 saturated carbocycles. The van der Waals surface area contributed by atoms with Crippen molar-refractivity contribution in [1.29, 1.82) is 0 Å². The summed E-state index contributed by atoms with van der Waals surface area (Å²) >= 11 is 0. The van der Waals surface area contributed by atoms with Crippen molar-refractivity contribution in [2.75, 3.05) is 37.7 Å². The van der Waals surface area contributed by atoms with E-state index in [1.54, 1.807) is 18.2 Å². The number of benzene rings is 2. The van der Waals surface area contributed by atoms with Gasteiger partial charge in [-0.05, 0) is 62.5 Å². The molecule has 0 aliphatic carbocycles. The third kappa shape index (κ3) is 6.18. The second-order valence-electron chi connectivity index (χ2n) is 9.79. The molecule has 0 spiro atoms. The van der Waals surface area contributed by atoms with E-state index in [-0.39, 0.29) is 18.8 Å². The van der Waals surface area contributed by atoms with Gasteiger partial charge in [0, 0.05) is 30.8 Å². The molecule has 5 rings (SSSR count). The maximum absolute atomic E-state index is 15.1. The number of aliphatic hydroxyl groups excluding tert-OH is 1. The molecule has 0 radical (unpaired) electrons. The van der Waals surface area contributed by atoms with Gasteiger partial charge in [0.25, 0.3) is 0 Å². The van der Waals surface area contributed by atoms with Crippen LogP contribution in [-0.4, -0.2) is 68.5 Å².